The maximum absolute atomic E-state index is 12.6. The van der Waals surface area contributed by atoms with Gasteiger partial charge in [0.1, 0.15) is 5.82 Å². The van der Waals surface area contributed by atoms with Crippen LogP contribution in [0.1, 0.15) is 35.2 Å². The molecular weight excluding hydrogens is 384 g/mol. The molecule has 0 radical (unpaired) electrons. The first-order valence-corrected chi connectivity index (χ1v) is 10.3. The molecule has 29 heavy (non-hydrogen) atoms. The fourth-order valence-electron chi connectivity index (χ4n) is 3.50. The second kappa shape index (κ2) is 9.05. The van der Waals surface area contributed by atoms with E-state index in [1.807, 2.05) is 23.2 Å². The third kappa shape index (κ3) is 4.74. The van der Waals surface area contributed by atoms with Crippen molar-refractivity contribution in [1.29, 1.82) is 0 Å². The topological polar surface area (TPSA) is 58.1 Å². The van der Waals surface area contributed by atoms with Gasteiger partial charge in [-0.25, -0.2) is 4.98 Å². The first-order valence-electron chi connectivity index (χ1n) is 9.89. The highest BCUT2D eigenvalue weighted by molar-refractivity contribution is 6.33. The van der Waals surface area contributed by atoms with Crippen LogP contribution in [0.2, 0.25) is 5.02 Å². The van der Waals surface area contributed by atoms with E-state index < -0.39 is 0 Å². The Labute approximate surface area is 175 Å². The van der Waals surface area contributed by atoms with Crippen LogP contribution < -0.4 is 5.32 Å². The van der Waals surface area contributed by atoms with Crippen molar-refractivity contribution < 1.29 is 4.79 Å². The highest BCUT2D eigenvalue weighted by Crippen LogP contribution is 2.23. The Bertz CT molecular complexity index is 970. The van der Waals surface area contributed by atoms with Gasteiger partial charge in [-0.1, -0.05) is 41.9 Å². The zero-order chi connectivity index (χ0) is 20.1. The second-order valence-corrected chi connectivity index (χ2v) is 7.61. The van der Waals surface area contributed by atoms with Crippen molar-refractivity contribution in [2.24, 2.45) is 0 Å². The van der Waals surface area contributed by atoms with Crippen LogP contribution in [0.5, 0.6) is 0 Å². The summed E-state index contributed by atoms with van der Waals surface area (Å²) in [6, 6.07) is 14.0. The Balaban J connectivity index is 1.39. The van der Waals surface area contributed by atoms with Crippen LogP contribution in [0, 0.1) is 0 Å². The molecule has 1 saturated heterocycles. The third-order valence-corrected chi connectivity index (χ3v) is 5.43. The molecule has 0 aliphatic carbocycles. The summed E-state index contributed by atoms with van der Waals surface area (Å²) in [5.41, 5.74) is 3.87. The van der Waals surface area contributed by atoms with Crippen LogP contribution in [0.15, 0.2) is 61.1 Å². The van der Waals surface area contributed by atoms with E-state index in [4.69, 9.17) is 11.6 Å². The van der Waals surface area contributed by atoms with Crippen molar-refractivity contribution >= 4 is 23.3 Å². The number of hydrogen-bond donors (Lipinski definition) is 1. The maximum atomic E-state index is 12.6. The minimum Gasteiger partial charge on any atom is -0.365 e. The van der Waals surface area contributed by atoms with E-state index in [2.05, 4.69) is 39.6 Å². The van der Waals surface area contributed by atoms with Gasteiger partial charge in [0.2, 0.25) is 0 Å². The molecule has 1 aromatic carbocycles. The lowest BCUT2D eigenvalue weighted by Gasteiger charge is -2.26. The zero-order valence-electron chi connectivity index (χ0n) is 16.1. The molecule has 1 fully saturated rings. The molecule has 0 bridgehead atoms. The lowest BCUT2D eigenvalue weighted by Crippen LogP contribution is -2.35. The van der Waals surface area contributed by atoms with Crippen molar-refractivity contribution in [1.82, 2.24) is 14.9 Å². The van der Waals surface area contributed by atoms with Gasteiger partial charge < -0.3 is 10.2 Å². The quantitative estimate of drug-likeness (QED) is 0.645. The van der Waals surface area contributed by atoms with Gasteiger partial charge in [-0.3, -0.25) is 9.78 Å². The first kappa shape index (κ1) is 19.4. The molecule has 1 N–H and O–H groups in total. The molecule has 2 aromatic heterocycles. The Kier molecular flexibility index (Phi) is 6.06. The van der Waals surface area contributed by atoms with E-state index in [9.17, 15) is 4.79 Å². The Morgan fingerprint density at radius 2 is 1.83 bits per heavy atom. The minimum absolute atomic E-state index is 0.0108. The van der Waals surface area contributed by atoms with Crippen molar-refractivity contribution in [2.45, 2.75) is 25.8 Å². The number of halogens is 1. The predicted molar refractivity (Wildman–Crippen MR) is 116 cm³/mol. The largest absolute Gasteiger partial charge is 0.365 e. The molecule has 1 amide bonds. The molecule has 1 aliphatic rings. The van der Waals surface area contributed by atoms with Crippen LogP contribution in [-0.4, -0.2) is 33.9 Å². The number of carbonyl (C=O) groups excluding carboxylic acids is 1. The van der Waals surface area contributed by atoms with Crippen LogP contribution in [-0.2, 0) is 6.54 Å². The molecule has 3 heterocycles. The van der Waals surface area contributed by atoms with E-state index in [-0.39, 0.29) is 5.91 Å². The highest BCUT2D eigenvalue weighted by atomic mass is 35.5. The number of anilines is 1. The number of benzene rings is 1. The lowest BCUT2D eigenvalue weighted by molar-refractivity contribution is 0.0724. The van der Waals surface area contributed by atoms with Crippen molar-refractivity contribution in [3.63, 3.8) is 0 Å². The maximum Gasteiger partial charge on any atom is 0.255 e. The molecule has 148 valence electrons. The monoisotopic (exact) mass is 406 g/mol. The molecule has 0 unspecified atom stereocenters. The summed E-state index contributed by atoms with van der Waals surface area (Å²) in [5, 5.41) is 3.71. The molecule has 0 atom stereocenters. The summed E-state index contributed by atoms with van der Waals surface area (Å²) in [4.78, 5) is 23.0. The van der Waals surface area contributed by atoms with Crippen molar-refractivity contribution in [2.75, 3.05) is 18.4 Å². The van der Waals surface area contributed by atoms with Gasteiger partial charge in [-0.15, -0.1) is 0 Å². The summed E-state index contributed by atoms with van der Waals surface area (Å²) in [6.45, 7) is 2.22. The fraction of sp³-hybridized carbons (Fsp3) is 0.261. The second-order valence-electron chi connectivity index (χ2n) is 7.20. The van der Waals surface area contributed by atoms with E-state index in [0.29, 0.717) is 22.9 Å². The number of nitrogens with one attached hydrogen (secondary N) is 1. The number of rotatable bonds is 5. The van der Waals surface area contributed by atoms with Crippen LogP contribution >= 0.6 is 11.6 Å². The van der Waals surface area contributed by atoms with E-state index in [0.717, 1.165) is 42.6 Å². The molecule has 6 heteroatoms. The summed E-state index contributed by atoms with van der Waals surface area (Å²) in [6.07, 6.45) is 8.54. The molecule has 1 aliphatic heterocycles. The van der Waals surface area contributed by atoms with E-state index >= 15 is 0 Å². The van der Waals surface area contributed by atoms with Crippen LogP contribution in [0.4, 0.5) is 5.82 Å². The number of pyridine rings is 2. The SMILES string of the molecule is O=C(c1cnc(NCc2ccc(-c3cccnc3)cc2)c(Cl)c1)N1CCCCC1. The normalized spacial score (nSPS) is 13.9. The van der Waals surface area contributed by atoms with Gasteiger partial charge >= 0.3 is 0 Å². The molecule has 0 saturated carbocycles. The number of amides is 1. The summed E-state index contributed by atoms with van der Waals surface area (Å²) in [5.74, 6) is 0.592. The standard InChI is InChI=1S/C23H23ClN4O/c24-21-13-20(23(29)28-11-2-1-3-12-28)16-27-22(21)26-14-17-6-8-18(9-7-17)19-5-4-10-25-15-19/h4-10,13,15-16H,1-3,11-12,14H2,(H,26,27). The fourth-order valence-corrected chi connectivity index (χ4v) is 3.73. The molecule has 3 aromatic rings. The Hall–Kier alpha value is -2.92. The van der Waals surface area contributed by atoms with Crippen molar-refractivity contribution in [3.8, 4) is 11.1 Å². The minimum atomic E-state index is 0.0108. The summed E-state index contributed by atoms with van der Waals surface area (Å²) >= 11 is 6.38. The number of likely N-dealkylation sites (tertiary alicyclic amines) is 1. The Morgan fingerprint density at radius 3 is 2.52 bits per heavy atom. The average Bonchev–Trinajstić information content (AvgIpc) is 2.79. The molecule has 5 nitrogen and oxygen atoms in total. The number of carbonyl (C=O) groups is 1. The highest BCUT2D eigenvalue weighted by Gasteiger charge is 2.19. The van der Waals surface area contributed by atoms with Crippen molar-refractivity contribution in [3.05, 3.63) is 77.2 Å². The Morgan fingerprint density at radius 1 is 1.03 bits per heavy atom. The molecule has 4 rings (SSSR count). The summed E-state index contributed by atoms with van der Waals surface area (Å²) < 4.78 is 0. The molecular formula is C23H23ClN4O. The van der Waals surface area contributed by atoms with Gasteiger partial charge in [0.05, 0.1) is 10.6 Å². The van der Waals surface area contributed by atoms with E-state index in [1.54, 1.807) is 18.5 Å². The van der Waals surface area contributed by atoms with Gasteiger partial charge in [0.15, 0.2) is 0 Å². The third-order valence-electron chi connectivity index (χ3n) is 5.14. The molecule has 0 spiro atoms. The van der Waals surface area contributed by atoms with E-state index in [1.165, 1.54) is 6.42 Å². The summed E-state index contributed by atoms with van der Waals surface area (Å²) in [7, 11) is 0. The predicted octanol–water partition coefficient (Wildman–Crippen LogP) is 5.04. The first-order chi connectivity index (χ1) is 14.2. The van der Waals surface area contributed by atoms with Gasteiger partial charge in [0.25, 0.3) is 5.91 Å². The average molecular weight is 407 g/mol. The number of hydrogen-bond acceptors (Lipinski definition) is 4. The van der Waals surface area contributed by atoms with Gasteiger partial charge in [0, 0.05) is 38.2 Å². The van der Waals surface area contributed by atoms with Crippen LogP contribution in [0.25, 0.3) is 11.1 Å². The smallest absolute Gasteiger partial charge is 0.255 e. The number of nitrogens with zero attached hydrogens (tertiary/aromatic N) is 3. The number of aromatic nitrogens is 2. The van der Waals surface area contributed by atoms with Gasteiger partial charge in [-0.2, -0.15) is 0 Å². The van der Waals surface area contributed by atoms with Gasteiger partial charge in [-0.05, 0) is 48.1 Å². The number of piperidine rings is 1. The van der Waals surface area contributed by atoms with Crippen LogP contribution in [0.3, 0.4) is 0 Å². The lowest BCUT2D eigenvalue weighted by atomic mass is 10.1. The zero-order valence-corrected chi connectivity index (χ0v) is 16.9.